The minimum atomic E-state index is -0.0229. The standard InChI is InChI=1S/C13H18N4OS/c1-2-16-5-7-17(8-6-16)13(18)11-4-3-10(9-15-11)12(14)19/h3-4,9H,2,5-8H2,1H3,(H2,14,19). The fourth-order valence-corrected chi connectivity index (χ4v) is 2.22. The van der Waals surface area contributed by atoms with Crippen LogP contribution in [0.5, 0.6) is 0 Å². The fourth-order valence-electron chi connectivity index (χ4n) is 2.10. The Morgan fingerprint density at radius 3 is 2.53 bits per heavy atom. The summed E-state index contributed by atoms with van der Waals surface area (Å²) in [4.78, 5) is 20.9. The Balaban J connectivity index is 2.02. The molecule has 1 fully saturated rings. The van der Waals surface area contributed by atoms with Crippen molar-refractivity contribution in [1.29, 1.82) is 0 Å². The summed E-state index contributed by atoms with van der Waals surface area (Å²) in [5.74, 6) is -0.0229. The summed E-state index contributed by atoms with van der Waals surface area (Å²) in [7, 11) is 0. The quantitative estimate of drug-likeness (QED) is 0.816. The van der Waals surface area contributed by atoms with Crippen molar-refractivity contribution in [1.82, 2.24) is 14.8 Å². The molecule has 0 saturated carbocycles. The van der Waals surface area contributed by atoms with E-state index in [0.717, 1.165) is 32.7 Å². The summed E-state index contributed by atoms with van der Waals surface area (Å²) in [5.41, 5.74) is 6.64. The normalized spacial score (nSPS) is 16.4. The summed E-state index contributed by atoms with van der Waals surface area (Å²) in [6.45, 7) is 6.52. The lowest BCUT2D eigenvalue weighted by molar-refractivity contribution is 0.0637. The van der Waals surface area contributed by atoms with E-state index in [0.29, 0.717) is 16.2 Å². The first-order valence-electron chi connectivity index (χ1n) is 6.39. The highest BCUT2D eigenvalue weighted by molar-refractivity contribution is 7.80. The Labute approximate surface area is 118 Å². The van der Waals surface area contributed by atoms with Gasteiger partial charge in [-0.2, -0.15) is 0 Å². The third-order valence-corrected chi connectivity index (χ3v) is 3.61. The maximum Gasteiger partial charge on any atom is 0.272 e. The summed E-state index contributed by atoms with van der Waals surface area (Å²) >= 11 is 4.86. The number of nitrogens with zero attached hydrogens (tertiary/aromatic N) is 3. The Bertz CT molecular complexity index is 466. The van der Waals surface area contributed by atoms with Crippen molar-refractivity contribution in [2.24, 2.45) is 5.73 Å². The molecule has 102 valence electrons. The van der Waals surface area contributed by atoms with E-state index in [1.807, 2.05) is 4.90 Å². The van der Waals surface area contributed by atoms with Crippen molar-refractivity contribution >= 4 is 23.1 Å². The smallest absolute Gasteiger partial charge is 0.272 e. The topological polar surface area (TPSA) is 62.5 Å². The number of hydrogen-bond donors (Lipinski definition) is 1. The van der Waals surface area contributed by atoms with E-state index in [9.17, 15) is 4.79 Å². The van der Waals surface area contributed by atoms with Crippen molar-refractivity contribution < 1.29 is 4.79 Å². The number of thiocarbonyl (C=S) groups is 1. The number of piperazine rings is 1. The summed E-state index contributed by atoms with van der Waals surface area (Å²) in [6.07, 6.45) is 1.55. The van der Waals surface area contributed by atoms with Crippen LogP contribution in [0.3, 0.4) is 0 Å². The van der Waals surface area contributed by atoms with E-state index in [1.54, 1.807) is 18.3 Å². The van der Waals surface area contributed by atoms with Crippen LogP contribution in [0.15, 0.2) is 18.3 Å². The van der Waals surface area contributed by atoms with Crippen molar-refractivity contribution in [2.45, 2.75) is 6.92 Å². The van der Waals surface area contributed by atoms with E-state index in [1.165, 1.54) is 0 Å². The molecule has 5 nitrogen and oxygen atoms in total. The van der Waals surface area contributed by atoms with Gasteiger partial charge in [-0.15, -0.1) is 0 Å². The van der Waals surface area contributed by atoms with Crippen LogP contribution in [-0.2, 0) is 0 Å². The molecule has 0 atom stereocenters. The van der Waals surface area contributed by atoms with E-state index in [4.69, 9.17) is 18.0 Å². The van der Waals surface area contributed by atoms with Gasteiger partial charge in [0.25, 0.3) is 5.91 Å². The number of aromatic nitrogens is 1. The molecule has 0 aromatic carbocycles. The zero-order valence-electron chi connectivity index (χ0n) is 11.0. The molecule has 2 heterocycles. The molecule has 1 aromatic rings. The molecule has 1 saturated heterocycles. The minimum Gasteiger partial charge on any atom is -0.389 e. The van der Waals surface area contributed by atoms with Gasteiger partial charge in [0.2, 0.25) is 0 Å². The number of carbonyl (C=O) groups is 1. The van der Waals surface area contributed by atoms with Crippen molar-refractivity contribution in [3.05, 3.63) is 29.6 Å². The summed E-state index contributed by atoms with van der Waals surface area (Å²) in [6, 6.07) is 3.42. The zero-order chi connectivity index (χ0) is 13.8. The molecule has 0 unspecified atom stereocenters. The second kappa shape index (κ2) is 6.08. The van der Waals surface area contributed by atoms with Crippen LogP contribution in [0.4, 0.5) is 0 Å². The molecule has 2 N–H and O–H groups in total. The number of rotatable bonds is 3. The third kappa shape index (κ3) is 3.27. The van der Waals surface area contributed by atoms with Crippen LogP contribution < -0.4 is 5.73 Å². The van der Waals surface area contributed by atoms with Gasteiger partial charge < -0.3 is 15.5 Å². The van der Waals surface area contributed by atoms with Gasteiger partial charge in [-0.25, -0.2) is 0 Å². The van der Waals surface area contributed by atoms with Crippen LogP contribution >= 0.6 is 12.2 Å². The number of pyridine rings is 1. The number of carbonyl (C=O) groups excluding carboxylic acids is 1. The maximum atomic E-state index is 12.3. The van der Waals surface area contributed by atoms with Crippen molar-refractivity contribution in [3.63, 3.8) is 0 Å². The average molecular weight is 278 g/mol. The molecule has 6 heteroatoms. The van der Waals surface area contributed by atoms with Gasteiger partial charge in [0.15, 0.2) is 0 Å². The molecule has 0 aliphatic carbocycles. The van der Waals surface area contributed by atoms with Crippen LogP contribution in [-0.4, -0.2) is 58.4 Å². The number of hydrogen-bond acceptors (Lipinski definition) is 4. The first-order chi connectivity index (χ1) is 9.11. The van der Waals surface area contributed by atoms with Gasteiger partial charge in [0, 0.05) is 37.9 Å². The lowest BCUT2D eigenvalue weighted by atomic mass is 10.2. The van der Waals surface area contributed by atoms with Crippen LogP contribution in [0.25, 0.3) is 0 Å². The number of likely N-dealkylation sites (N-methyl/N-ethyl adjacent to an activating group) is 1. The van der Waals surface area contributed by atoms with Gasteiger partial charge >= 0.3 is 0 Å². The van der Waals surface area contributed by atoms with E-state index < -0.39 is 0 Å². The fraction of sp³-hybridized carbons (Fsp3) is 0.462. The number of amides is 1. The average Bonchev–Trinajstić information content (AvgIpc) is 2.46. The first kappa shape index (κ1) is 13.9. The zero-order valence-corrected chi connectivity index (χ0v) is 11.8. The highest BCUT2D eigenvalue weighted by Crippen LogP contribution is 2.08. The van der Waals surface area contributed by atoms with Gasteiger partial charge in [0.05, 0.1) is 0 Å². The van der Waals surface area contributed by atoms with Gasteiger partial charge in [-0.05, 0) is 18.7 Å². The molecule has 19 heavy (non-hydrogen) atoms. The van der Waals surface area contributed by atoms with Crippen LogP contribution in [0.2, 0.25) is 0 Å². The van der Waals surface area contributed by atoms with Crippen LogP contribution in [0, 0.1) is 0 Å². The Kier molecular flexibility index (Phi) is 4.44. The lowest BCUT2D eigenvalue weighted by Gasteiger charge is -2.33. The molecule has 0 bridgehead atoms. The predicted molar refractivity (Wildman–Crippen MR) is 78.1 cm³/mol. The summed E-state index contributed by atoms with van der Waals surface area (Å²) in [5, 5.41) is 0. The second-order valence-corrected chi connectivity index (χ2v) is 4.96. The molecule has 0 spiro atoms. The maximum absolute atomic E-state index is 12.3. The molecule has 0 radical (unpaired) electrons. The van der Waals surface area contributed by atoms with Crippen molar-refractivity contribution in [2.75, 3.05) is 32.7 Å². The highest BCUT2D eigenvalue weighted by atomic mass is 32.1. The minimum absolute atomic E-state index is 0.0229. The van der Waals surface area contributed by atoms with E-state index in [-0.39, 0.29) is 5.91 Å². The Morgan fingerprint density at radius 2 is 2.05 bits per heavy atom. The van der Waals surface area contributed by atoms with E-state index >= 15 is 0 Å². The molecule has 2 rings (SSSR count). The molecule has 1 aliphatic heterocycles. The Hall–Kier alpha value is -1.53. The summed E-state index contributed by atoms with van der Waals surface area (Å²) < 4.78 is 0. The molecular formula is C13H18N4OS. The van der Waals surface area contributed by atoms with Gasteiger partial charge in [-0.3, -0.25) is 9.78 Å². The van der Waals surface area contributed by atoms with Crippen LogP contribution in [0.1, 0.15) is 23.0 Å². The SMILES string of the molecule is CCN1CCN(C(=O)c2ccc(C(N)=S)cn2)CC1. The molecule has 1 aromatic heterocycles. The lowest BCUT2D eigenvalue weighted by Crippen LogP contribution is -2.48. The molecule has 1 aliphatic rings. The van der Waals surface area contributed by atoms with Gasteiger partial charge in [-0.1, -0.05) is 19.1 Å². The highest BCUT2D eigenvalue weighted by Gasteiger charge is 2.21. The first-order valence-corrected chi connectivity index (χ1v) is 6.80. The van der Waals surface area contributed by atoms with E-state index in [2.05, 4.69) is 16.8 Å². The molecule has 1 amide bonds. The number of nitrogens with two attached hydrogens (primary N) is 1. The predicted octanol–water partition coefficient (Wildman–Crippen LogP) is 0.493. The molecular weight excluding hydrogens is 260 g/mol. The second-order valence-electron chi connectivity index (χ2n) is 4.52. The van der Waals surface area contributed by atoms with Crippen molar-refractivity contribution in [3.8, 4) is 0 Å². The monoisotopic (exact) mass is 278 g/mol. The third-order valence-electron chi connectivity index (χ3n) is 3.37. The Morgan fingerprint density at radius 1 is 1.37 bits per heavy atom. The largest absolute Gasteiger partial charge is 0.389 e. The van der Waals surface area contributed by atoms with Gasteiger partial charge in [0.1, 0.15) is 10.7 Å².